The van der Waals surface area contributed by atoms with Gasteiger partial charge < -0.3 is 35.6 Å². The molecule has 6 rings (SSSR count). The lowest BCUT2D eigenvalue weighted by Gasteiger charge is -2.24. The van der Waals surface area contributed by atoms with Crippen molar-refractivity contribution >= 4 is 39.7 Å². The lowest BCUT2D eigenvalue weighted by atomic mass is 9.99. The molecule has 52 heavy (non-hydrogen) atoms. The van der Waals surface area contributed by atoms with Crippen molar-refractivity contribution in [1.29, 1.82) is 0 Å². The van der Waals surface area contributed by atoms with E-state index in [2.05, 4.69) is 73.5 Å². The third-order valence-corrected chi connectivity index (χ3v) is 9.00. The molecule has 4 aromatic carbocycles. The first-order valence-corrected chi connectivity index (χ1v) is 17.5. The van der Waals surface area contributed by atoms with Crippen LogP contribution < -0.4 is 11.1 Å². The predicted octanol–water partition coefficient (Wildman–Crippen LogP) is 6.31. The molecule has 12 nitrogen and oxygen atoms in total. The van der Waals surface area contributed by atoms with Gasteiger partial charge in [-0.05, 0) is 52.6 Å². The molecule has 268 valence electrons. The molecule has 0 saturated heterocycles. The van der Waals surface area contributed by atoms with Gasteiger partial charge in [0.2, 0.25) is 11.8 Å². The summed E-state index contributed by atoms with van der Waals surface area (Å²) < 4.78 is 4.58. The second-order valence-electron chi connectivity index (χ2n) is 12.7. The van der Waals surface area contributed by atoms with Crippen molar-refractivity contribution in [3.63, 3.8) is 0 Å². The van der Waals surface area contributed by atoms with Crippen molar-refractivity contribution in [3.05, 3.63) is 108 Å². The van der Waals surface area contributed by atoms with Crippen molar-refractivity contribution in [1.82, 2.24) is 35.1 Å². The minimum atomic E-state index is -0.727. The predicted molar refractivity (Wildman–Crippen MR) is 202 cm³/mol. The van der Waals surface area contributed by atoms with Gasteiger partial charge in [-0.25, -0.2) is 14.8 Å². The number of methoxy groups -OCH3 is 1. The van der Waals surface area contributed by atoms with Crippen LogP contribution in [0.1, 0.15) is 49.9 Å². The first kappa shape index (κ1) is 35.8. The Hall–Kier alpha value is -6.01. The van der Waals surface area contributed by atoms with Gasteiger partial charge in [0.15, 0.2) is 0 Å². The van der Waals surface area contributed by atoms with E-state index in [1.165, 1.54) is 7.11 Å². The molecular formula is C40H44N8O4. The maximum absolute atomic E-state index is 13.3. The van der Waals surface area contributed by atoms with Crippen molar-refractivity contribution in [2.45, 2.75) is 45.8 Å². The first-order chi connectivity index (χ1) is 25.3. The van der Waals surface area contributed by atoms with E-state index in [4.69, 9.17) is 10.7 Å². The normalized spacial score (nSPS) is 11.8. The smallest absolute Gasteiger partial charge is 0.407 e. The molecule has 6 aromatic rings. The third kappa shape index (κ3) is 8.13. The summed E-state index contributed by atoms with van der Waals surface area (Å²) in [6, 6.07) is 27.4. The highest BCUT2D eigenvalue weighted by atomic mass is 16.5. The van der Waals surface area contributed by atoms with Crippen LogP contribution in [0, 0.1) is 0 Å². The Bertz CT molecular complexity index is 2160. The first-order valence-electron chi connectivity index (χ1n) is 17.5. The summed E-state index contributed by atoms with van der Waals surface area (Å²) >= 11 is 0. The number of rotatable bonds is 14. The number of nitrogens with zero attached hydrogens (tertiary/aromatic N) is 4. The lowest BCUT2D eigenvalue weighted by molar-refractivity contribution is -0.133. The molecule has 0 aliphatic carbocycles. The fourth-order valence-electron chi connectivity index (χ4n) is 6.33. The average molecular weight is 701 g/mol. The number of hydrogen-bond acceptors (Lipinski definition) is 7. The van der Waals surface area contributed by atoms with E-state index in [0.29, 0.717) is 37.8 Å². The number of hydrogen-bond donors (Lipinski definition) is 4. The molecule has 0 fully saturated rings. The van der Waals surface area contributed by atoms with Gasteiger partial charge in [-0.15, -0.1) is 0 Å². The van der Waals surface area contributed by atoms with Crippen molar-refractivity contribution in [2.24, 2.45) is 5.73 Å². The van der Waals surface area contributed by atoms with Crippen LogP contribution in [0.25, 0.3) is 44.2 Å². The summed E-state index contributed by atoms with van der Waals surface area (Å²) in [6.07, 6.45) is 2.73. The van der Waals surface area contributed by atoms with E-state index in [1.807, 2.05) is 50.2 Å². The Morgan fingerprint density at radius 2 is 1.52 bits per heavy atom. The van der Waals surface area contributed by atoms with Crippen LogP contribution >= 0.6 is 0 Å². The van der Waals surface area contributed by atoms with Crippen LogP contribution in [0.2, 0.25) is 0 Å². The molecule has 0 bridgehead atoms. The number of amides is 3. The molecule has 0 radical (unpaired) electrons. The molecule has 0 aliphatic heterocycles. The highest BCUT2D eigenvalue weighted by Crippen LogP contribution is 2.30. The van der Waals surface area contributed by atoms with E-state index in [9.17, 15) is 14.4 Å². The second-order valence-corrected chi connectivity index (χ2v) is 12.7. The quantitative estimate of drug-likeness (QED) is 0.104. The number of imidazole rings is 2. The highest BCUT2D eigenvalue weighted by molar-refractivity contribution is 6.05. The molecule has 2 aromatic heterocycles. The van der Waals surface area contributed by atoms with Gasteiger partial charge in [0, 0.05) is 18.5 Å². The molecule has 2 heterocycles. The molecule has 0 aliphatic rings. The van der Waals surface area contributed by atoms with E-state index in [0.717, 1.165) is 62.6 Å². The number of benzene rings is 4. The monoisotopic (exact) mass is 700 g/mol. The van der Waals surface area contributed by atoms with E-state index in [1.54, 1.807) is 16.0 Å². The van der Waals surface area contributed by atoms with Crippen LogP contribution in [0.3, 0.4) is 0 Å². The van der Waals surface area contributed by atoms with Gasteiger partial charge in [-0.2, -0.15) is 0 Å². The van der Waals surface area contributed by atoms with Crippen LogP contribution in [0.15, 0.2) is 91.1 Å². The minimum Gasteiger partial charge on any atom is -0.453 e. The van der Waals surface area contributed by atoms with Gasteiger partial charge in [0.05, 0.1) is 43.1 Å². The zero-order valence-corrected chi connectivity index (χ0v) is 29.7. The molecule has 5 N–H and O–H groups in total. The number of aromatic amines is 2. The number of aromatic nitrogens is 4. The van der Waals surface area contributed by atoms with Gasteiger partial charge in [-0.3, -0.25) is 9.59 Å². The lowest BCUT2D eigenvalue weighted by Crippen LogP contribution is -2.40. The van der Waals surface area contributed by atoms with Crippen LogP contribution in [0.4, 0.5) is 4.79 Å². The number of ether oxygens (including phenoxy) is 1. The molecule has 1 atom stereocenters. The molecule has 3 amide bonds. The summed E-state index contributed by atoms with van der Waals surface area (Å²) in [5, 5.41) is 4.51. The highest BCUT2D eigenvalue weighted by Gasteiger charge is 2.23. The van der Waals surface area contributed by atoms with Crippen LogP contribution in [0.5, 0.6) is 0 Å². The average Bonchev–Trinajstić information content (AvgIpc) is 3.83. The number of H-pyrrole nitrogens is 2. The van der Waals surface area contributed by atoms with Gasteiger partial charge >= 0.3 is 6.09 Å². The summed E-state index contributed by atoms with van der Waals surface area (Å²) in [7, 11) is 1.26. The summed E-state index contributed by atoms with van der Waals surface area (Å²) in [4.78, 5) is 57.2. The van der Waals surface area contributed by atoms with Crippen molar-refractivity contribution in [2.75, 3.05) is 26.7 Å². The molecule has 0 saturated carbocycles. The molecule has 12 heteroatoms. The largest absolute Gasteiger partial charge is 0.453 e. The summed E-state index contributed by atoms with van der Waals surface area (Å²) in [6.45, 7) is 5.65. The Morgan fingerprint density at radius 1 is 0.827 bits per heavy atom. The SMILES string of the molecule is CCCN(Cc1nc2c(ccc3cc(-c4ccc(-c5cnc(CN(CCC)C(=O)[C@H](N)c6ccccc6)[nH]5)cc4)ccc32)[nH]1)C(=O)CNC(=O)OC. The number of carbonyl (C=O) groups is 3. The third-order valence-electron chi connectivity index (χ3n) is 9.00. The Morgan fingerprint density at radius 3 is 2.25 bits per heavy atom. The van der Waals surface area contributed by atoms with Gasteiger partial charge in [-0.1, -0.05) is 86.6 Å². The van der Waals surface area contributed by atoms with Crippen LogP contribution in [-0.4, -0.2) is 74.4 Å². The minimum absolute atomic E-state index is 0.129. The Kier molecular flexibility index (Phi) is 11.3. The van der Waals surface area contributed by atoms with E-state index >= 15 is 0 Å². The number of carbonyl (C=O) groups excluding carboxylic acids is 3. The number of alkyl carbamates (subject to hydrolysis) is 1. The maximum Gasteiger partial charge on any atom is 0.407 e. The topological polar surface area (TPSA) is 162 Å². The zero-order chi connectivity index (χ0) is 36.6. The van der Waals surface area contributed by atoms with Gasteiger partial charge in [0.25, 0.3) is 0 Å². The number of nitrogens with one attached hydrogen (secondary N) is 3. The summed E-state index contributed by atoms with van der Waals surface area (Å²) in [5.74, 6) is 1.03. The zero-order valence-electron chi connectivity index (χ0n) is 29.7. The van der Waals surface area contributed by atoms with Crippen molar-refractivity contribution < 1.29 is 19.1 Å². The molecular weight excluding hydrogens is 656 g/mol. The van der Waals surface area contributed by atoms with Crippen LogP contribution in [-0.2, 0) is 27.4 Å². The number of nitrogens with two attached hydrogens (primary N) is 1. The van der Waals surface area contributed by atoms with Crippen molar-refractivity contribution in [3.8, 4) is 22.4 Å². The Balaban J connectivity index is 1.14. The van der Waals surface area contributed by atoms with E-state index < -0.39 is 12.1 Å². The van der Waals surface area contributed by atoms with E-state index in [-0.39, 0.29) is 18.4 Å². The Labute approximate surface area is 302 Å². The summed E-state index contributed by atoms with van der Waals surface area (Å²) in [5.41, 5.74) is 12.8. The fourth-order valence-corrected chi connectivity index (χ4v) is 6.33. The maximum atomic E-state index is 13.3. The number of fused-ring (bicyclic) bond motifs is 3. The standard InChI is InChI=1S/C40H44N8O4/c1-4-19-47(36(49)23-43-40(51)52-3)25-35-44-32-18-16-30-21-29(15-17-31(30)38(32)46-35)26-11-13-27(14-12-26)33-22-42-34(45-33)24-48(20-5-2)39(50)37(41)28-9-7-6-8-10-28/h6-18,21-22,37H,4-5,19-20,23-25,41H2,1-3H3,(H,42,45)(H,43,51)(H,44,46)/t37-/m1/s1. The second kappa shape index (κ2) is 16.3. The van der Waals surface area contributed by atoms with Gasteiger partial charge in [0.1, 0.15) is 24.2 Å². The molecule has 0 spiro atoms. The fraction of sp³-hybridized carbons (Fsp3) is 0.275. The molecule has 0 unspecified atom stereocenters.